The molecule has 0 aliphatic heterocycles. The Labute approximate surface area is 42.6 Å². The minimum atomic E-state index is -0.411. The maximum atomic E-state index is 5.33. The van der Waals surface area contributed by atoms with Crippen molar-refractivity contribution in [2.75, 3.05) is 0 Å². The van der Waals surface area contributed by atoms with E-state index in [0.717, 1.165) is 0 Å². The van der Waals surface area contributed by atoms with E-state index in [-0.39, 0.29) is 2.85 Å². The Balaban J connectivity index is -0.0000000800. The van der Waals surface area contributed by atoms with Crippen LogP contribution in [-0.2, 0) is 0 Å². The SMILES string of the molecule is CC[CH2][GeH2][NH2].[H-].[H-]. The van der Waals surface area contributed by atoms with Crippen LogP contribution in [0.15, 0.2) is 0 Å². The van der Waals surface area contributed by atoms with E-state index in [1.165, 1.54) is 11.7 Å². The molecule has 0 aromatic heterocycles. The zero-order valence-electron chi connectivity index (χ0n) is 5.70. The summed E-state index contributed by atoms with van der Waals surface area (Å²) in [4.78, 5) is 0. The second-order valence-corrected chi connectivity index (χ2v) is 3.84. The second kappa shape index (κ2) is 4.50. The molecule has 0 saturated heterocycles. The normalized spacial score (nSPS) is 10.8. The standard InChI is InChI=1S/C3H11GeN.2H/c1-2-3-4-5;;/h2-5H2,1H3;;/q;2*-1. The second-order valence-electron chi connectivity index (χ2n) is 1.14. The molecule has 5 heavy (non-hydrogen) atoms. The quantitative estimate of drug-likeness (QED) is 0.534. The van der Waals surface area contributed by atoms with Crippen molar-refractivity contribution in [2.45, 2.75) is 18.6 Å². The zero-order valence-corrected chi connectivity index (χ0v) is 6.67. The monoisotopic (exact) mass is 137 g/mol. The van der Waals surface area contributed by atoms with Gasteiger partial charge in [0.05, 0.1) is 0 Å². The fourth-order valence-electron chi connectivity index (χ4n) is 0.204. The van der Waals surface area contributed by atoms with E-state index in [2.05, 4.69) is 6.92 Å². The van der Waals surface area contributed by atoms with E-state index in [0.29, 0.717) is 0 Å². The summed E-state index contributed by atoms with van der Waals surface area (Å²) in [6.07, 6.45) is 1.30. The van der Waals surface area contributed by atoms with E-state index in [1.54, 1.807) is 0 Å². The molecule has 0 rings (SSSR count). The molecular weight excluding hydrogens is 123 g/mol. The Hall–Kier alpha value is 0.503. The molecule has 0 bridgehead atoms. The summed E-state index contributed by atoms with van der Waals surface area (Å²) in [5, 5.41) is 1.35. The molecule has 2 N–H and O–H groups in total. The number of rotatable bonds is 2. The van der Waals surface area contributed by atoms with Gasteiger partial charge >= 0.3 is 38.9 Å². The van der Waals surface area contributed by atoms with Gasteiger partial charge in [-0.15, -0.1) is 0 Å². The Kier molecular flexibility index (Phi) is 4.96. The molecule has 0 saturated carbocycles. The summed E-state index contributed by atoms with van der Waals surface area (Å²) >= 11 is -0.411. The molecule has 0 amide bonds. The summed E-state index contributed by atoms with van der Waals surface area (Å²) in [6.45, 7) is 2.18. The van der Waals surface area contributed by atoms with E-state index >= 15 is 0 Å². The van der Waals surface area contributed by atoms with Crippen molar-refractivity contribution in [3.63, 3.8) is 0 Å². The van der Waals surface area contributed by atoms with E-state index in [4.69, 9.17) is 4.69 Å². The van der Waals surface area contributed by atoms with Crippen molar-refractivity contribution in [3.05, 3.63) is 0 Å². The van der Waals surface area contributed by atoms with Gasteiger partial charge in [0.15, 0.2) is 0 Å². The molecule has 0 spiro atoms. The molecule has 0 aliphatic carbocycles. The van der Waals surface area contributed by atoms with Crippen LogP contribution in [0.4, 0.5) is 0 Å². The summed E-state index contributed by atoms with van der Waals surface area (Å²) in [5.41, 5.74) is 0. The van der Waals surface area contributed by atoms with Crippen LogP contribution in [0.5, 0.6) is 0 Å². The summed E-state index contributed by atoms with van der Waals surface area (Å²) in [5.74, 6) is 0. The average molecular weight is 136 g/mol. The van der Waals surface area contributed by atoms with Crippen LogP contribution in [0.2, 0.25) is 5.25 Å². The molecular formula is C3H13GeN-2. The Morgan fingerprint density at radius 1 is 2.00 bits per heavy atom. The maximum absolute atomic E-state index is 5.33. The molecule has 0 aromatic rings. The number of nitrogens with two attached hydrogens (primary N) is 1. The zero-order chi connectivity index (χ0) is 4.12. The molecule has 2 heteroatoms. The molecule has 0 radical (unpaired) electrons. The van der Waals surface area contributed by atoms with Gasteiger partial charge in [0.25, 0.3) is 0 Å². The first-order valence-electron chi connectivity index (χ1n) is 2.12. The maximum Gasteiger partial charge on any atom is -1.00 e. The topological polar surface area (TPSA) is 26.0 Å². The van der Waals surface area contributed by atoms with Crippen molar-refractivity contribution in [2.24, 2.45) is 4.69 Å². The van der Waals surface area contributed by atoms with Crippen molar-refractivity contribution in [3.8, 4) is 0 Å². The van der Waals surface area contributed by atoms with Gasteiger partial charge in [0.1, 0.15) is 0 Å². The van der Waals surface area contributed by atoms with Crippen LogP contribution in [0.3, 0.4) is 0 Å². The van der Waals surface area contributed by atoms with Crippen molar-refractivity contribution < 1.29 is 2.85 Å². The minimum Gasteiger partial charge on any atom is -1.00 e. The fourth-order valence-corrected chi connectivity index (χ4v) is 1.06. The van der Waals surface area contributed by atoms with Gasteiger partial charge < -0.3 is 2.85 Å². The van der Waals surface area contributed by atoms with Crippen LogP contribution >= 0.6 is 0 Å². The Morgan fingerprint density at radius 3 is 2.60 bits per heavy atom. The molecule has 0 atom stereocenters. The number of hydrogen-bond donors (Lipinski definition) is 1. The van der Waals surface area contributed by atoms with Gasteiger partial charge in [-0.1, -0.05) is 0 Å². The van der Waals surface area contributed by atoms with Crippen molar-refractivity contribution >= 4 is 15.7 Å². The van der Waals surface area contributed by atoms with Crippen LogP contribution in [0.25, 0.3) is 0 Å². The van der Waals surface area contributed by atoms with Gasteiger partial charge in [-0.2, -0.15) is 0 Å². The van der Waals surface area contributed by atoms with E-state index in [9.17, 15) is 0 Å². The third-order valence-corrected chi connectivity index (χ3v) is 2.90. The molecule has 1 nitrogen and oxygen atoms in total. The first-order valence-corrected chi connectivity index (χ1v) is 5.93. The summed E-state index contributed by atoms with van der Waals surface area (Å²) in [6, 6.07) is 0. The summed E-state index contributed by atoms with van der Waals surface area (Å²) in [7, 11) is 0. The molecule has 0 aliphatic rings. The predicted octanol–water partition coefficient (Wildman–Crippen LogP) is 0.0822. The minimum absolute atomic E-state index is 0. The van der Waals surface area contributed by atoms with Crippen molar-refractivity contribution in [1.29, 1.82) is 0 Å². The van der Waals surface area contributed by atoms with Gasteiger partial charge in [0.2, 0.25) is 0 Å². The largest absolute Gasteiger partial charge is 1.00 e. The summed E-state index contributed by atoms with van der Waals surface area (Å²) < 4.78 is 5.33. The predicted molar refractivity (Wildman–Crippen MR) is 30.1 cm³/mol. The third-order valence-electron chi connectivity index (χ3n) is 0.558. The number of hydrogen-bond acceptors (Lipinski definition) is 1. The van der Waals surface area contributed by atoms with Gasteiger partial charge in [-0.05, 0) is 0 Å². The first-order chi connectivity index (χ1) is 2.41. The van der Waals surface area contributed by atoms with Gasteiger partial charge in [-0.25, -0.2) is 0 Å². The third kappa shape index (κ3) is 4.50. The van der Waals surface area contributed by atoms with Gasteiger partial charge in [0, 0.05) is 0 Å². The van der Waals surface area contributed by atoms with Gasteiger partial charge in [-0.3, -0.25) is 0 Å². The molecule has 0 heterocycles. The van der Waals surface area contributed by atoms with Crippen molar-refractivity contribution in [1.82, 2.24) is 0 Å². The van der Waals surface area contributed by atoms with Crippen LogP contribution in [-0.4, -0.2) is 15.7 Å². The van der Waals surface area contributed by atoms with Crippen LogP contribution < -0.4 is 4.69 Å². The van der Waals surface area contributed by atoms with Crippen LogP contribution in [0, 0.1) is 0 Å². The Bertz CT molecular complexity index is 20.4. The molecule has 0 fully saturated rings. The van der Waals surface area contributed by atoms with E-state index < -0.39 is 15.7 Å². The average Bonchev–Trinajstić information content (AvgIpc) is 1.41. The molecule has 0 aromatic carbocycles. The Morgan fingerprint density at radius 2 is 2.60 bits per heavy atom. The molecule has 0 unspecified atom stereocenters. The first kappa shape index (κ1) is 5.50. The smallest absolute Gasteiger partial charge is 1.00 e. The van der Waals surface area contributed by atoms with Crippen LogP contribution in [0.1, 0.15) is 16.2 Å². The van der Waals surface area contributed by atoms with E-state index in [1.807, 2.05) is 0 Å². The fraction of sp³-hybridized carbons (Fsp3) is 1.00. The molecule has 36 valence electrons.